The number of nitrogens with zero attached hydrogens (tertiary/aromatic N) is 1. The van der Waals surface area contributed by atoms with Crippen LogP contribution in [0.15, 0.2) is 72.7 Å². The van der Waals surface area contributed by atoms with Crippen molar-refractivity contribution in [1.29, 1.82) is 0 Å². The van der Waals surface area contributed by atoms with Gasteiger partial charge in [0.2, 0.25) is 5.88 Å². The highest BCUT2D eigenvalue weighted by molar-refractivity contribution is 6.31. The van der Waals surface area contributed by atoms with Gasteiger partial charge in [0.25, 0.3) is 0 Å². The summed E-state index contributed by atoms with van der Waals surface area (Å²) in [6.07, 6.45) is 1.65. The number of anilines is 3. The molecule has 4 nitrogen and oxygen atoms in total. The van der Waals surface area contributed by atoms with Gasteiger partial charge in [-0.1, -0.05) is 11.6 Å². The third-order valence-corrected chi connectivity index (χ3v) is 4.57. The number of fused-ring (bicyclic) bond motifs is 1. The number of halogens is 3. The Hall–Kier alpha value is -3.25. The normalized spacial score (nSPS) is 12.9. The van der Waals surface area contributed by atoms with Gasteiger partial charge in [0.15, 0.2) is 0 Å². The summed E-state index contributed by atoms with van der Waals surface area (Å²) in [4.78, 5) is 1.56. The lowest BCUT2D eigenvalue weighted by Crippen LogP contribution is -2.26. The van der Waals surface area contributed by atoms with Gasteiger partial charge in [0.05, 0.1) is 29.4 Å². The maximum atomic E-state index is 14.7. The lowest BCUT2D eigenvalue weighted by Gasteiger charge is -2.32. The van der Waals surface area contributed by atoms with E-state index in [0.29, 0.717) is 28.0 Å². The van der Waals surface area contributed by atoms with E-state index in [2.05, 4.69) is 5.32 Å². The third-order valence-electron chi connectivity index (χ3n) is 4.34. The molecule has 0 fully saturated rings. The molecule has 1 N–H and O–H groups in total. The van der Waals surface area contributed by atoms with Crippen molar-refractivity contribution < 1.29 is 18.3 Å². The maximum absolute atomic E-state index is 14.7. The first kappa shape index (κ1) is 20.0. The van der Waals surface area contributed by atoms with Gasteiger partial charge >= 0.3 is 0 Å². The minimum atomic E-state index is -0.715. The van der Waals surface area contributed by atoms with Crippen LogP contribution in [0.1, 0.15) is 13.8 Å². The molecule has 0 radical (unpaired) electrons. The first-order valence-corrected chi connectivity index (χ1v) is 9.74. The van der Waals surface area contributed by atoms with Gasteiger partial charge in [-0.05, 0) is 68.4 Å². The first-order chi connectivity index (χ1) is 14.4. The third kappa shape index (κ3) is 4.19. The molecule has 1 aliphatic rings. The Morgan fingerprint density at radius 1 is 0.900 bits per heavy atom. The highest BCUT2D eigenvalue weighted by atomic mass is 35.5. The Morgan fingerprint density at radius 2 is 1.60 bits per heavy atom. The van der Waals surface area contributed by atoms with Gasteiger partial charge in [-0.3, -0.25) is 4.90 Å². The van der Waals surface area contributed by atoms with Gasteiger partial charge < -0.3 is 14.8 Å². The second-order valence-corrected chi connectivity index (χ2v) is 7.40. The van der Waals surface area contributed by atoms with Gasteiger partial charge in [-0.25, -0.2) is 8.78 Å². The molecular formula is C23H19ClF2N2O2. The Bertz CT molecular complexity index is 1100. The van der Waals surface area contributed by atoms with Gasteiger partial charge in [-0.15, -0.1) is 0 Å². The fourth-order valence-electron chi connectivity index (χ4n) is 3.11. The highest BCUT2D eigenvalue weighted by Crippen LogP contribution is 2.41. The van der Waals surface area contributed by atoms with Crippen LogP contribution in [-0.2, 0) is 0 Å². The van der Waals surface area contributed by atoms with E-state index in [0.717, 1.165) is 11.8 Å². The number of hydrogen-bond acceptors (Lipinski definition) is 4. The minimum Gasteiger partial charge on any atom is -0.491 e. The Kier molecular flexibility index (Phi) is 5.50. The topological polar surface area (TPSA) is 33.7 Å². The van der Waals surface area contributed by atoms with Gasteiger partial charge in [0.1, 0.15) is 23.1 Å². The van der Waals surface area contributed by atoms with E-state index >= 15 is 0 Å². The summed E-state index contributed by atoms with van der Waals surface area (Å²) in [6.45, 7) is 3.89. The molecule has 1 heterocycles. The number of nitrogens with one attached hydrogen (secondary N) is 1. The van der Waals surface area contributed by atoms with Crippen LogP contribution in [0, 0.1) is 11.6 Å². The zero-order valence-corrected chi connectivity index (χ0v) is 17.1. The van der Waals surface area contributed by atoms with Crippen molar-refractivity contribution >= 4 is 28.7 Å². The molecule has 3 aromatic rings. The monoisotopic (exact) mass is 428 g/mol. The summed E-state index contributed by atoms with van der Waals surface area (Å²) in [7, 11) is 0. The van der Waals surface area contributed by atoms with Crippen molar-refractivity contribution in [3.8, 4) is 11.5 Å². The minimum absolute atomic E-state index is 0.0577. The van der Waals surface area contributed by atoms with E-state index in [-0.39, 0.29) is 11.8 Å². The summed E-state index contributed by atoms with van der Waals surface area (Å²) in [5.74, 6) is 0.189. The van der Waals surface area contributed by atoms with Crippen molar-refractivity contribution in [2.24, 2.45) is 0 Å². The van der Waals surface area contributed by atoms with Crippen LogP contribution in [0.3, 0.4) is 0 Å². The molecule has 3 aromatic carbocycles. The molecule has 0 unspecified atom stereocenters. The summed E-state index contributed by atoms with van der Waals surface area (Å²) >= 11 is 6.09. The van der Waals surface area contributed by atoms with Crippen LogP contribution in [0.5, 0.6) is 11.5 Å². The number of rotatable bonds is 5. The molecular weight excluding hydrogens is 410 g/mol. The molecule has 30 heavy (non-hydrogen) atoms. The van der Waals surface area contributed by atoms with Gasteiger partial charge in [-0.2, -0.15) is 0 Å². The lowest BCUT2D eigenvalue weighted by molar-refractivity contribution is 0.242. The van der Waals surface area contributed by atoms with E-state index in [9.17, 15) is 8.78 Å². The predicted octanol–water partition coefficient (Wildman–Crippen LogP) is 6.85. The molecule has 7 heteroatoms. The second-order valence-electron chi connectivity index (χ2n) is 6.96. The second kappa shape index (κ2) is 8.24. The zero-order chi connectivity index (χ0) is 21.3. The molecule has 0 atom stereocenters. The van der Waals surface area contributed by atoms with Crippen LogP contribution in [0.2, 0.25) is 5.02 Å². The van der Waals surface area contributed by atoms with E-state index in [1.54, 1.807) is 53.6 Å². The summed E-state index contributed by atoms with van der Waals surface area (Å²) in [5, 5.41) is 3.63. The fourth-order valence-corrected chi connectivity index (χ4v) is 3.28. The van der Waals surface area contributed by atoms with Crippen LogP contribution in [0.25, 0.3) is 0 Å². The Morgan fingerprint density at radius 3 is 2.30 bits per heavy atom. The number of hydrogen-bond donors (Lipinski definition) is 1. The zero-order valence-electron chi connectivity index (χ0n) is 16.3. The van der Waals surface area contributed by atoms with E-state index in [1.807, 2.05) is 13.8 Å². The molecule has 0 bridgehead atoms. The average molecular weight is 429 g/mol. The average Bonchev–Trinajstić information content (AvgIpc) is 2.69. The predicted molar refractivity (Wildman–Crippen MR) is 114 cm³/mol. The summed E-state index contributed by atoms with van der Waals surface area (Å²) in [5.41, 5.74) is 1.42. The molecule has 0 aromatic heterocycles. The van der Waals surface area contributed by atoms with Crippen molar-refractivity contribution in [2.75, 3.05) is 10.2 Å². The molecule has 1 aliphatic heterocycles. The van der Waals surface area contributed by atoms with Crippen LogP contribution < -0.4 is 19.7 Å². The molecule has 0 amide bonds. The first-order valence-electron chi connectivity index (χ1n) is 9.37. The van der Waals surface area contributed by atoms with Crippen LogP contribution >= 0.6 is 11.6 Å². The molecule has 0 saturated heterocycles. The fraction of sp³-hybridized carbons (Fsp3) is 0.130. The Labute approximate surface area is 178 Å². The SMILES string of the molecule is CC(C)Oc1ccc(OC2=CNc3cc(Cl)ccc3N2c2ccc(F)cc2F)cc1. The highest BCUT2D eigenvalue weighted by Gasteiger charge is 2.26. The van der Waals surface area contributed by atoms with Crippen LogP contribution in [0.4, 0.5) is 25.8 Å². The molecule has 0 saturated carbocycles. The summed E-state index contributed by atoms with van der Waals surface area (Å²) in [6, 6.07) is 15.7. The van der Waals surface area contributed by atoms with E-state index in [4.69, 9.17) is 21.1 Å². The number of benzene rings is 3. The van der Waals surface area contributed by atoms with E-state index in [1.165, 1.54) is 12.1 Å². The van der Waals surface area contributed by atoms with Crippen molar-refractivity contribution in [3.05, 3.63) is 89.4 Å². The number of ether oxygens (including phenoxy) is 2. The van der Waals surface area contributed by atoms with Crippen molar-refractivity contribution in [1.82, 2.24) is 0 Å². The molecule has 0 spiro atoms. The van der Waals surface area contributed by atoms with Gasteiger partial charge in [0, 0.05) is 11.1 Å². The largest absolute Gasteiger partial charge is 0.491 e. The van der Waals surface area contributed by atoms with Crippen LogP contribution in [-0.4, -0.2) is 6.10 Å². The maximum Gasteiger partial charge on any atom is 0.221 e. The molecule has 4 rings (SSSR count). The van der Waals surface area contributed by atoms with Crippen molar-refractivity contribution in [3.63, 3.8) is 0 Å². The standard InChI is InChI=1S/C23H19ClF2N2O2/c1-14(2)29-17-5-7-18(8-6-17)30-23-13-27-20-11-15(24)3-9-22(20)28(23)21-10-4-16(25)12-19(21)26/h3-14,27H,1-2H3. The lowest BCUT2D eigenvalue weighted by atomic mass is 10.1. The van der Waals surface area contributed by atoms with Crippen molar-refractivity contribution in [2.45, 2.75) is 20.0 Å². The molecule has 0 aliphatic carbocycles. The Balaban J connectivity index is 1.70. The van der Waals surface area contributed by atoms with E-state index < -0.39 is 11.6 Å². The smallest absolute Gasteiger partial charge is 0.221 e. The molecule has 154 valence electrons. The summed E-state index contributed by atoms with van der Waals surface area (Å²) < 4.78 is 39.8. The quantitative estimate of drug-likeness (QED) is 0.482.